The summed E-state index contributed by atoms with van der Waals surface area (Å²) in [6.07, 6.45) is 3.06. The van der Waals surface area contributed by atoms with E-state index in [0.29, 0.717) is 12.2 Å². The number of hydrogen-bond donors (Lipinski definition) is 2. The lowest BCUT2D eigenvalue weighted by atomic mass is 9.71. The van der Waals surface area contributed by atoms with Gasteiger partial charge in [0, 0.05) is 16.4 Å². The first-order valence-corrected chi connectivity index (χ1v) is 8.53. The minimum absolute atomic E-state index is 0.117. The molecule has 0 bridgehead atoms. The smallest absolute Gasteiger partial charge is 0.271 e. The second-order valence-corrected chi connectivity index (χ2v) is 7.09. The monoisotopic (exact) mass is 365 g/mol. The molecule has 1 heterocycles. The van der Waals surface area contributed by atoms with Crippen LogP contribution in [-0.4, -0.2) is 10.9 Å². The zero-order valence-electron chi connectivity index (χ0n) is 11.4. The van der Waals surface area contributed by atoms with Crippen LogP contribution in [-0.2, 0) is 12.1 Å². The van der Waals surface area contributed by atoms with Crippen molar-refractivity contribution < 1.29 is 4.79 Å². The maximum absolute atomic E-state index is 12.4. The Bertz CT molecular complexity index is 649. The van der Waals surface area contributed by atoms with Crippen LogP contribution < -0.4 is 11.1 Å². The Morgan fingerprint density at radius 3 is 2.62 bits per heavy atom. The maximum Gasteiger partial charge on any atom is 0.271 e. The molecule has 21 heavy (non-hydrogen) atoms. The lowest BCUT2D eigenvalue weighted by Gasteiger charge is -2.43. The van der Waals surface area contributed by atoms with Crippen LogP contribution in [0.5, 0.6) is 0 Å². The summed E-state index contributed by atoms with van der Waals surface area (Å²) in [6.45, 7) is 0.371. The van der Waals surface area contributed by atoms with Crippen molar-refractivity contribution in [3.8, 4) is 0 Å². The van der Waals surface area contributed by atoms with Gasteiger partial charge >= 0.3 is 0 Å². The fraction of sp³-hybridized carbons (Fsp3) is 0.333. The number of nitrogens with one attached hydrogen (secondary N) is 1. The van der Waals surface area contributed by atoms with Crippen LogP contribution in [0.3, 0.4) is 0 Å². The van der Waals surface area contributed by atoms with Gasteiger partial charge in [0.15, 0.2) is 0 Å². The van der Waals surface area contributed by atoms with Crippen LogP contribution in [0.25, 0.3) is 0 Å². The molecule has 0 unspecified atom stereocenters. The molecule has 1 aliphatic carbocycles. The molecule has 1 fully saturated rings. The molecule has 1 aromatic carbocycles. The number of thiazole rings is 1. The van der Waals surface area contributed by atoms with Crippen molar-refractivity contribution >= 4 is 33.2 Å². The second kappa shape index (κ2) is 5.87. The Kier molecular flexibility index (Phi) is 4.10. The molecule has 4 nitrogen and oxygen atoms in total. The summed E-state index contributed by atoms with van der Waals surface area (Å²) in [5.74, 6) is -0.117. The first-order chi connectivity index (χ1) is 10.1. The van der Waals surface area contributed by atoms with Gasteiger partial charge in [0.25, 0.3) is 5.91 Å². The Morgan fingerprint density at radius 2 is 2.10 bits per heavy atom. The largest absolute Gasteiger partial charge is 0.341 e. The third-order valence-electron chi connectivity index (χ3n) is 3.92. The molecular formula is C15H16BrN3OS. The molecule has 0 saturated heterocycles. The van der Waals surface area contributed by atoms with Gasteiger partial charge in [-0.1, -0.05) is 28.1 Å². The van der Waals surface area contributed by atoms with Gasteiger partial charge in [-0.15, -0.1) is 11.3 Å². The van der Waals surface area contributed by atoms with Crippen LogP contribution in [0.4, 0.5) is 0 Å². The zero-order chi connectivity index (χ0) is 14.9. The molecule has 3 N–H and O–H groups in total. The summed E-state index contributed by atoms with van der Waals surface area (Å²) in [5.41, 5.74) is 6.91. The highest BCUT2D eigenvalue weighted by Gasteiger charge is 2.40. The van der Waals surface area contributed by atoms with Gasteiger partial charge in [0.1, 0.15) is 10.7 Å². The van der Waals surface area contributed by atoms with E-state index in [1.165, 1.54) is 11.3 Å². The minimum Gasteiger partial charge on any atom is -0.341 e. The lowest BCUT2D eigenvalue weighted by Crippen LogP contribution is -2.50. The van der Waals surface area contributed by atoms with Crippen molar-refractivity contribution in [3.63, 3.8) is 0 Å². The Labute approximate surface area is 135 Å². The Hall–Kier alpha value is -1.24. The predicted octanol–water partition coefficient (Wildman–Crippen LogP) is 3.17. The van der Waals surface area contributed by atoms with E-state index in [1.54, 1.807) is 5.38 Å². The molecule has 0 atom stereocenters. The molecule has 0 radical (unpaired) electrons. The number of benzene rings is 1. The molecule has 2 aromatic rings. The Morgan fingerprint density at radius 1 is 1.38 bits per heavy atom. The molecular weight excluding hydrogens is 350 g/mol. The minimum atomic E-state index is -0.246. The van der Waals surface area contributed by atoms with E-state index in [2.05, 4.69) is 38.4 Å². The van der Waals surface area contributed by atoms with Gasteiger partial charge in [-0.05, 0) is 37.0 Å². The van der Waals surface area contributed by atoms with Gasteiger partial charge in [0.05, 0.1) is 5.54 Å². The van der Waals surface area contributed by atoms with Crippen molar-refractivity contribution in [1.82, 2.24) is 10.3 Å². The summed E-state index contributed by atoms with van der Waals surface area (Å²) >= 11 is 4.87. The van der Waals surface area contributed by atoms with E-state index in [4.69, 9.17) is 5.73 Å². The maximum atomic E-state index is 12.4. The number of aromatic nitrogens is 1. The van der Waals surface area contributed by atoms with E-state index >= 15 is 0 Å². The predicted molar refractivity (Wildman–Crippen MR) is 87.1 cm³/mol. The van der Waals surface area contributed by atoms with E-state index < -0.39 is 0 Å². The van der Waals surface area contributed by atoms with Crippen molar-refractivity contribution in [1.29, 1.82) is 0 Å². The fourth-order valence-electron chi connectivity index (χ4n) is 2.58. The van der Waals surface area contributed by atoms with E-state index in [-0.39, 0.29) is 11.4 Å². The number of carbonyl (C=O) groups excluding carboxylic acids is 1. The molecule has 1 aliphatic rings. The summed E-state index contributed by atoms with van der Waals surface area (Å²) in [6, 6.07) is 8.15. The van der Waals surface area contributed by atoms with E-state index in [1.807, 2.05) is 12.1 Å². The first kappa shape index (κ1) is 14.7. The number of nitrogens with zero attached hydrogens (tertiary/aromatic N) is 1. The highest BCUT2D eigenvalue weighted by atomic mass is 79.9. The SMILES string of the molecule is NCc1nc(C(=O)NC2(c3ccc(Br)cc3)CCC2)cs1. The third kappa shape index (κ3) is 2.88. The van der Waals surface area contributed by atoms with Crippen LogP contribution in [0.15, 0.2) is 34.1 Å². The number of amides is 1. The van der Waals surface area contributed by atoms with Crippen molar-refractivity contribution in [2.75, 3.05) is 0 Å². The first-order valence-electron chi connectivity index (χ1n) is 6.86. The van der Waals surface area contributed by atoms with Gasteiger partial charge in [-0.2, -0.15) is 0 Å². The highest BCUT2D eigenvalue weighted by Crippen LogP contribution is 2.41. The molecule has 3 rings (SSSR count). The van der Waals surface area contributed by atoms with Crippen LogP contribution in [0.2, 0.25) is 0 Å². The molecule has 6 heteroatoms. The summed E-state index contributed by atoms with van der Waals surface area (Å²) in [4.78, 5) is 16.7. The van der Waals surface area contributed by atoms with E-state index in [9.17, 15) is 4.79 Å². The van der Waals surface area contributed by atoms with Gasteiger partial charge in [-0.25, -0.2) is 4.98 Å². The number of halogens is 1. The standard InChI is InChI=1S/C15H16BrN3OS/c16-11-4-2-10(3-5-11)15(6-1-7-15)19-14(20)12-9-21-13(8-17)18-12/h2-5,9H,1,6-8,17H2,(H,19,20). The van der Waals surface area contributed by atoms with Crippen LogP contribution in [0.1, 0.15) is 40.3 Å². The van der Waals surface area contributed by atoms with Crippen LogP contribution in [0, 0.1) is 0 Å². The van der Waals surface area contributed by atoms with Gasteiger partial charge < -0.3 is 11.1 Å². The van der Waals surface area contributed by atoms with E-state index in [0.717, 1.165) is 34.3 Å². The highest BCUT2D eigenvalue weighted by molar-refractivity contribution is 9.10. The van der Waals surface area contributed by atoms with Crippen LogP contribution >= 0.6 is 27.3 Å². The number of carbonyl (C=O) groups is 1. The number of rotatable bonds is 4. The fourth-order valence-corrected chi connectivity index (χ4v) is 3.49. The van der Waals surface area contributed by atoms with Gasteiger partial charge in [0.2, 0.25) is 0 Å². The summed E-state index contributed by atoms with van der Waals surface area (Å²) in [7, 11) is 0. The average Bonchev–Trinajstić information content (AvgIpc) is 2.93. The topological polar surface area (TPSA) is 68.0 Å². The molecule has 1 saturated carbocycles. The Balaban J connectivity index is 1.80. The second-order valence-electron chi connectivity index (χ2n) is 5.23. The normalized spacial score (nSPS) is 16.3. The number of hydrogen-bond acceptors (Lipinski definition) is 4. The number of nitrogens with two attached hydrogens (primary N) is 1. The molecule has 0 spiro atoms. The molecule has 1 amide bonds. The van der Waals surface area contributed by atoms with Crippen molar-refractivity contribution in [2.45, 2.75) is 31.3 Å². The summed E-state index contributed by atoms with van der Waals surface area (Å²) in [5, 5.41) is 5.72. The molecule has 0 aliphatic heterocycles. The van der Waals surface area contributed by atoms with Crippen molar-refractivity contribution in [3.05, 3.63) is 50.4 Å². The zero-order valence-corrected chi connectivity index (χ0v) is 13.8. The summed E-state index contributed by atoms with van der Waals surface area (Å²) < 4.78 is 1.04. The van der Waals surface area contributed by atoms with Crippen molar-refractivity contribution in [2.24, 2.45) is 5.73 Å². The average molecular weight is 366 g/mol. The van der Waals surface area contributed by atoms with Gasteiger partial charge in [-0.3, -0.25) is 4.79 Å². The molecule has 1 aromatic heterocycles. The quantitative estimate of drug-likeness (QED) is 0.873. The third-order valence-corrected chi connectivity index (χ3v) is 5.32. The molecule has 110 valence electrons. The lowest BCUT2D eigenvalue weighted by molar-refractivity contribution is 0.0818.